The maximum absolute atomic E-state index is 11.4. The minimum Gasteiger partial charge on any atom is -0.444 e. The molecule has 0 radical (unpaired) electrons. The highest BCUT2D eigenvalue weighted by Crippen LogP contribution is 2.40. The number of hydrogen-bond acceptors (Lipinski definition) is 4. The van der Waals surface area contributed by atoms with E-state index in [0.29, 0.717) is 19.1 Å². The van der Waals surface area contributed by atoms with Gasteiger partial charge in [-0.2, -0.15) is 0 Å². The lowest BCUT2D eigenvalue weighted by Crippen LogP contribution is -2.60. The van der Waals surface area contributed by atoms with E-state index in [-0.39, 0.29) is 11.5 Å². The van der Waals surface area contributed by atoms with Crippen molar-refractivity contribution in [2.45, 2.75) is 58.8 Å². The largest absolute Gasteiger partial charge is 0.444 e. The quantitative estimate of drug-likeness (QED) is 0.664. The zero-order valence-electron chi connectivity index (χ0n) is 12.0. The molecule has 1 fully saturated rings. The minimum atomic E-state index is -0.461. The Morgan fingerprint density at radius 3 is 2.44 bits per heavy atom. The average molecular weight is 258 g/mol. The number of aliphatic hydroxyl groups excluding tert-OH is 1. The second kappa shape index (κ2) is 5.45. The molecule has 106 valence electrons. The smallest absolute Gasteiger partial charge is 0.407 e. The van der Waals surface area contributed by atoms with Crippen LogP contribution in [0.3, 0.4) is 0 Å². The Morgan fingerprint density at radius 2 is 2.00 bits per heavy atom. The molecule has 0 aromatic rings. The summed E-state index contributed by atoms with van der Waals surface area (Å²) in [5.41, 5.74) is -0.538. The summed E-state index contributed by atoms with van der Waals surface area (Å²) in [6.07, 6.45) is 0.158. The van der Waals surface area contributed by atoms with Crippen molar-refractivity contribution in [3.05, 3.63) is 0 Å². The van der Waals surface area contributed by atoms with Gasteiger partial charge in [0.05, 0.1) is 6.10 Å². The summed E-state index contributed by atoms with van der Waals surface area (Å²) in [7, 11) is 0. The molecule has 0 saturated heterocycles. The van der Waals surface area contributed by atoms with E-state index in [9.17, 15) is 9.90 Å². The second-order valence-electron chi connectivity index (χ2n) is 6.51. The molecular weight excluding hydrogens is 232 g/mol. The number of carbonyl (C=O) groups is 1. The SMILES string of the molecule is CC(C)(C)OC(=O)NCCNC1CC(O)C1(C)C. The van der Waals surface area contributed by atoms with Crippen LogP contribution >= 0.6 is 0 Å². The van der Waals surface area contributed by atoms with Gasteiger partial charge >= 0.3 is 6.09 Å². The number of carbonyl (C=O) groups excluding carboxylic acids is 1. The van der Waals surface area contributed by atoms with E-state index < -0.39 is 11.7 Å². The average Bonchev–Trinajstić information content (AvgIpc) is 2.20. The van der Waals surface area contributed by atoms with E-state index in [1.807, 2.05) is 34.6 Å². The molecule has 0 aromatic heterocycles. The normalized spacial score (nSPS) is 26.3. The molecule has 0 bridgehead atoms. The van der Waals surface area contributed by atoms with Crippen molar-refractivity contribution in [1.29, 1.82) is 0 Å². The molecule has 1 amide bonds. The molecule has 5 nitrogen and oxygen atoms in total. The number of hydrogen-bond donors (Lipinski definition) is 3. The lowest BCUT2D eigenvalue weighted by atomic mass is 9.64. The Balaban J connectivity index is 2.11. The van der Waals surface area contributed by atoms with Crippen LogP contribution in [0.1, 0.15) is 41.0 Å². The molecule has 0 aliphatic heterocycles. The maximum Gasteiger partial charge on any atom is 0.407 e. The van der Waals surface area contributed by atoms with Crippen LogP contribution in [0.15, 0.2) is 0 Å². The minimum absolute atomic E-state index is 0.0775. The summed E-state index contributed by atoms with van der Waals surface area (Å²) in [5, 5.41) is 15.6. The third-order valence-corrected chi connectivity index (χ3v) is 3.40. The van der Waals surface area contributed by atoms with Gasteiger partial charge in [-0.25, -0.2) is 4.79 Å². The molecular formula is C13H26N2O3. The summed E-state index contributed by atoms with van der Waals surface area (Å²) in [6.45, 7) is 10.8. The summed E-state index contributed by atoms with van der Waals surface area (Å²) in [5.74, 6) is 0. The van der Waals surface area contributed by atoms with Crippen LogP contribution in [-0.4, -0.2) is 42.0 Å². The molecule has 0 heterocycles. The van der Waals surface area contributed by atoms with Gasteiger partial charge in [-0.3, -0.25) is 0 Å². The second-order valence-corrected chi connectivity index (χ2v) is 6.51. The van der Waals surface area contributed by atoms with Gasteiger partial charge in [0.25, 0.3) is 0 Å². The lowest BCUT2D eigenvalue weighted by molar-refractivity contribution is -0.0720. The summed E-state index contributed by atoms with van der Waals surface area (Å²) in [4.78, 5) is 11.4. The highest BCUT2D eigenvalue weighted by atomic mass is 16.6. The topological polar surface area (TPSA) is 70.6 Å². The molecule has 18 heavy (non-hydrogen) atoms. The van der Waals surface area contributed by atoms with Gasteiger partial charge in [0.15, 0.2) is 0 Å². The Kier molecular flexibility index (Phi) is 4.61. The lowest BCUT2D eigenvalue weighted by Gasteiger charge is -2.49. The van der Waals surface area contributed by atoms with E-state index in [2.05, 4.69) is 10.6 Å². The van der Waals surface area contributed by atoms with Crippen LogP contribution < -0.4 is 10.6 Å². The van der Waals surface area contributed by atoms with Gasteiger partial charge in [0, 0.05) is 24.5 Å². The number of ether oxygens (including phenoxy) is 1. The molecule has 5 heteroatoms. The number of rotatable bonds is 4. The van der Waals surface area contributed by atoms with Gasteiger partial charge in [0.2, 0.25) is 0 Å². The van der Waals surface area contributed by atoms with E-state index in [0.717, 1.165) is 6.42 Å². The first kappa shape index (κ1) is 15.2. The van der Waals surface area contributed by atoms with Gasteiger partial charge < -0.3 is 20.5 Å². The van der Waals surface area contributed by atoms with Crippen molar-refractivity contribution in [2.75, 3.05) is 13.1 Å². The Labute approximate surface area is 109 Å². The van der Waals surface area contributed by atoms with E-state index >= 15 is 0 Å². The number of amides is 1. The predicted octanol–water partition coefficient (Wildman–Crippen LogP) is 1.26. The molecule has 2 unspecified atom stereocenters. The fourth-order valence-corrected chi connectivity index (χ4v) is 1.97. The van der Waals surface area contributed by atoms with E-state index in [4.69, 9.17) is 4.74 Å². The van der Waals surface area contributed by atoms with Gasteiger partial charge in [-0.15, -0.1) is 0 Å². The van der Waals surface area contributed by atoms with Crippen LogP contribution in [0.4, 0.5) is 4.79 Å². The highest BCUT2D eigenvalue weighted by Gasteiger charge is 2.46. The number of aliphatic hydroxyl groups is 1. The molecule has 0 aromatic carbocycles. The third-order valence-electron chi connectivity index (χ3n) is 3.40. The zero-order chi connectivity index (χ0) is 14.0. The first-order chi connectivity index (χ1) is 8.13. The maximum atomic E-state index is 11.4. The van der Waals surface area contributed by atoms with Crippen LogP contribution in [0.5, 0.6) is 0 Å². The standard InChI is InChI=1S/C13H26N2O3/c1-12(2,3)18-11(17)15-7-6-14-9-8-10(16)13(9,4)5/h9-10,14,16H,6-8H2,1-5H3,(H,15,17). The monoisotopic (exact) mass is 258 g/mol. The van der Waals surface area contributed by atoms with E-state index in [1.165, 1.54) is 0 Å². The first-order valence-corrected chi connectivity index (χ1v) is 6.51. The summed E-state index contributed by atoms with van der Waals surface area (Å²) >= 11 is 0. The molecule has 1 saturated carbocycles. The summed E-state index contributed by atoms with van der Waals surface area (Å²) < 4.78 is 5.13. The van der Waals surface area contributed by atoms with Gasteiger partial charge in [0.1, 0.15) is 5.60 Å². The Morgan fingerprint density at radius 1 is 1.39 bits per heavy atom. The fraction of sp³-hybridized carbons (Fsp3) is 0.923. The van der Waals surface area contributed by atoms with Crippen LogP contribution in [-0.2, 0) is 4.74 Å². The highest BCUT2D eigenvalue weighted by molar-refractivity contribution is 5.67. The Bertz CT molecular complexity index is 297. The van der Waals surface area contributed by atoms with Crippen molar-refractivity contribution >= 4 is 6.09 Å². The van der Waals surface area contributed by atoms with Crippen LogP contribution in [0.2, 0.25) is 0 Å². The van der Waals surface area contributed by atoms with E-state index in [1.54, 1.807) is 0 Å². The number of nitrogens with one attached hydrogen (secondary N) is 2. The van der Waals surface area contributed by atoms with Crippen molar-refractivity contribution in [3.63, 3.8) is 0 Å². The van der Waals surface area contributed by atoms with Gasteiger partial charge in [-0.05, 0) is 27.2 Å². The zero-order valence-corrected chi connectivity index (χ0v) is 12.0. The fourth-order valence-electron chi connectivity index (χ4n) is 1.97. The van der Waals surface area contributed by atoms with Crippen molar-refractivity contribution in [2.24, 2.45) is 5.41 Å². The first-order valence-electron chi connectivity index (χ1n) is 6.51. The predicted molar refractivity (Wildman–Crippen MR) is 70.4 cm³/mol. The Hall–Kier alpha value is -0.810. The molecule has 2 atom stereocenters. The van der Waals surface area contributed by atoms with Crippen molar-refractivity contribution in [1.82, 2.24) is 10.6 Å². The molecule has 3 N–H and O–H groups in total. The molecule has 1 aliphatic carbocycles. The molecule has 0 spiro atoms. The van der Waals surface area contributed by atoms with Crippen molar-refractivity contribution < 1.29 is 14.6 Å². The number of alkyl carbamates (subject to hydrolysis) is 1. The molecule has 1 rings (SSSR count). The van der Waals surface area contributed by atoms with Gasteiger partial charge in [-0.1, -0.05) is 13.8 Å². The van der Waals surface area contributed by atoms with Crippen molar-refractivity contribution in [3.8, 4) is 0 Å². The third kappa shape index (κ3) is 4.14. The molecule has 1 aliphatic rings. The van der Waals surface area contributed by atoms with Crippen LogP contribution in [0.25, 0.3) is 0 Å². The summed E-state index contributed by atoms with van der Waals surface area (Å²) in [6, 6.07) is 0.313. The van der Waals surface area contributed by atoms with Crippen LogP contribution in [0, 0.1) is 5.41 Å².